The lowest BCUT2D eigenvalue weighted by Gasteiger charge is -2.10. The Morgan fingerprint density at radius 1 is 0.818 bits per heavy atom. The van der Waals surface area contributed by atoms with Crippen molar-refractivity contribution < 1.29 is 13.2 Å². The second kappa shape index (κ2) is 7.90. The molecule has 0 atom stereocenters. The first-order valence-corrected chi connectivity index (χ1v) is 12.4. The van der Waals surface area contributed by atoms with Crippen LogP contribution in [0.4, 0.5) is 0 Å². The highest BCUT2D eigenvalue weighted by molar-refractivity contribution is 7.90. The van der Waals surface area contributed by atoms with Crippen molar-refractivity contribution >= 4 is 37.6 Å². The molecule has 0 aliphatic rings. The molecule has 6 heteroatoms. The molecule has 0 saturated heterocycles. The van der Waals surface area contributed by atoms with Gasteiger partial charge in [-0.05, 0) is 47.0 Å². The number of nitrogens with two attached hydrogens (primary N) is 1. The molecule has 0 fully saturated rings. The van der Waals surface area contributed by atoms with Crippen LogP contribution in [-0.2, 0) is 16.4 Å². The Morgan fingerprint density at radius 3 is 2.30 bits per heavy atom. The van der Waals surface area contributed by atoms with Crippen LogP contribution < -0.4 is 5.73 Å². The van der Waals surface area contributed by atoms with Gasteiger partial charge in [0.15, 0.2) is 9.84 Å². The third-order valence-corrected chi connectivity index (χ3v) is 7.04. The number of benzene rings is 4. The minimum atomic E-state index is -3.32. The number of hydrogen-bond acceptors (Lipinski definition) is 3. The standard InChI is InChI=1S/C27H22N2O3S/c1-33(31,32)21-10-5-7-18(15-21)17-29-24-12-6-11-23(27(28)30)26(24)22-14-13-20(16-25(22)29)19-8-3-2-4-9-19/h2-16H,17H2,1H3,(H2,28,30). The van der Waals surface area contributed by atoms with Gasteiger partial charge in [0.05, 0.1) is 15.9 Å². The molecule has 5 nitrogen and oxygen atoms in total. The number of sulfone groups is 1. The maximum absolute atomic E-state index is 12.2. The highest BCUT2D eigenvalue weighted by Crippen LogP contribution is 2.35. The first-order valence-electron chi connectivity index (χ1n) is 10.5. The molecule has 1 heterocycles. The van der Waals surface area contributed by atoms with E-state index in [9.17, 15) is 13.2 Å². The molecule has 0 spiro atoms. The molecule has 5 aromatic rings. The second-order valence-corrected chi connectivity index (χ2v) is 10.2. The van der Waals surface area contributed by atoms with E-state index in [-0.39, 0.29) is 4.90 Å². The lowest BCUT2D eigenvalue weighted by Crippen LogP contribution is -2.11. The van der Waals surface area contributed by atoms with Crippen LogP contribution in [0.1, 0.15) is 15.9 Å². The number of rotatable bonds is 5. The van der Waals surface area contributed by atoms with Gasteiger partial charge in [-0.3, -0.25) is 4.79 Å². The Morgan fingerprint density at radius 2 is 1.58 bits per heavy atom. The van der Waals surface area contributed by atoms with E-state index < -0.39 is 15.7 Å². The molecule has 5 rings (SSSR count). The van der Waals surface area contributed by atoms with E-state index in [1.54, 1.807) is 24.3 Å². The van der Waals surface area contributed by atoms with E-state index in [2.05, 4.69) is 22.8 Å². The Bertz CT molecular complexity index is 1630. The SMILES string of the molecule is CS(=O)(=O)c1cccc(Cn2c3cc(-c4ccccc4)ccc3c3c(C(N)=O)cccc32)c1. The fourth-order valence-electron chi connectivity index (χ4n) is 4.39. The van der Waals surface area contributed by atoms with Crippen molar-refractivity contribution in [3.63, 3.8) is 0 Å². The number of carbonyl (C=O) groups excluding carboxylic acids is 1. The Labute approximate surface area is 192 Å². The van der Waals surface area contributed by atoms with Crippen LogP contribution in [0.2, 0.25) is 0 Å². The van der Waals surface area contributed by atoms with Crippen LogP contribution >= 0.6 is 0 Å². The van der Waals surface area contributed by atoms with Crippen molar-refractivity contribution in [3.8, 4) is 11.1 Å². The summed E-state index contributed by atoms with van der Waals surface area (Å²) in [5, 5.41) is 1.73. The summed E-state index contributed by atoms with van der Waals surface area (Å²) in [6.07, 6.45) is 1.21. The third-order valence-electron chi connectivity index (χ3n) is 5.93. The van der Waals surface area contributed by atoms with Crippen LogP contribution in [0, 0.1) is 0 Å². The molecule has 0 radical (unpaired) electrons. The van der Waals surface area contributed by atoms with Crippen molar-refractivity contribution in [3.05, 3.63) is 102 Å². The zero-order chi connectivity index (χ0) is 23.2. The fraction of sp³-hybridized carbons (Fsp3) is 0.0741. The van der Waals surface area contributed by atoms with E-state index in [0.717, 1.165) is 38.5 Å². The Hall–Kier alpha value is -3.90. The summed E-state index contributed by atoms with van der Waals surface area (Å²) in [5.74, 6) is -0.481. The summed E-state index contributed by atoms with van der Waals surface area (Å²) in [6, 6.07) is 28.7. The van der Waals surface area contributed by atoms with Crippen molar-refractivity contribution in [2.24, 2.45) is 5.73 Å². The number of nitrogens with zero attached hydrogens (tertiary/aromatic N) is 1. The molecular formula is C27H22N2O3S. The summed E-state index contributed by atoms with van der Waals surface area (Å²) in [7, 11) is -3.32. The van der Waals surface area contributed by atoms with Crippen molar-refractivity contribution in [1.82, 2.24) is 4.57 Å². The zero-order valence-electron chi connectivity index (χ0n) is 18.0. The van der Waals surface area contributed by atoms with E-state index in [4.69, 9.17) is 5.73 Å². The smallest absolute Gasteiger partial charge is 0.249 e. The molecule has 0 saturated carbocycles. The Balaban J connectivity index is 1.78. The number of carbonyl (C=O) groups is 1. The zero-order valence-corrected chi connectivity index (χ0v) is 18.8. The summed E-state index contributed by atoms with van der Waals surface area (Å²) >= 11 is 0. The van der Waals surface area contributed by atoms with E-state index in [1.165, 1.54) is 6.26 Å². The van der Waals surface area contributed by atoms with Gasteiger partial charge in [-0.15, -0.1) is 0 Å². The normalized spacial score (nSPS) is 11.8. The summed E-state index contributed by atoms with van der Waals surface area (Å²) < 4.78 is 26.3. The van der Waals surface area contributed by atoms with Gasteiger partial charge in [0, 0.05) is 29.1 Å². The van der Waals surface area contributed by atoms with Gasteiger partial charge in [0.25, 0.3) is 0 Å². The number of aromatic nitrogens is 1. The van der Waals surface area contributed by atoms with Crippen molar-refractivity contribution in [2.75, 3.05) is 6.26 Å². The lowest BCUT2D eigenvalue weighted by molar-refractivity contribution is 0.100. The van der Waals surface area contributed by atoms with E-state index in [1.807, 2.05) is 48.5 Å². The minimum Gasteiger partial charge on any atom is -0.366 e. The highest BCUT2D eigenvalue weighted by atomic mass is 32.2. The van der Waals surface area contributed by atoms with Gasteiger partial charge in [0.1, 0.15) is 0 Å². The predicted molar refractivity (Wildman–Crippen MR) is 132 cm³/mol. The first-order chi connectivity index (χ1) is 15.8. The minimum absolute atomic E-state index is 0.281. The first kappa shape index (κ1) is 21.0. The molecule has 1 aromatic heterocycles. The fourth-order valence-corrected chi connectivity index (χ4v) is 5.08. The maximum atomic E-state index is 12.2. The lowest BCUT2D eigenvalue weighted by atomic mass is 10.0. The number of primary amides is 1. The van der Waals surface area contributed by atoms with Crippen molar-refractivity contribution in [1.29, 1.82) is 0 Å². The van der Waals surface area contributed by atoms with Crippen LogP contribution in [0.25, 0.3) is 32.9 Å². The molecule has 0 bridgehead atoms. The average Bonchev–Trinajstić information content (AvgIpc) is 3.12. The average molecular weight is 455 g/mol. The van der Waals surface area contributed by atoms with Gasteiger partial charge >= 0.3 is 0 Å². The van der Waals surface area contributed by atoms with Crippen molar-refractivity contribution in [2.45, 2.75) is 11.4 Å². The van der Waals surface area contributed by atoms with E-state index >= 15 is 0 Å². The van der Waals surface area contributed by atoms with Crippen LogP contribution in [0.15, 0.2) is 95.9 Å². The van der Waals surface area contributed by atoms with Gasteiger partial charge in [-0.2, -0.15) is 0 Å². The molecule has 0 aliphatic carbocycles. The topological polar surface area (TPSA) is 82.2 Å². The van der Waals surface area contributed by atoms with Gasteiger partial charge in [-0.25, -0.2) is 8.42 Å². The van der Waals surface area contributed by atoms with Crippen LogP contribution in [-0.4, -0.2) is 25.1 Å². The van der Waals surface area contributed by atoms with Gasteiger partial charge in [-0.1, -0.05) is 60.7 Å². The van der Waals surface area contributed by atoms with Crippen LogP contribution in [0.3, 0.4) is 0 Å². The molecule has 4 aromatic carbocycles. The highest BCUT2D eigenvalue weighted by Gasteiger charge is 2.18. The third kappa shape index (κ3) is 3.79. The quantitative estimate of drug-likeness (QED) is 0.405. The monoisotopic (exact) mass is 454 g/mol. The molecular weight excluding hydrogens is 432 g/mol. The van der Waals surface area contributed by atoms with Gasteiger partial charge in [0.2, 0.25) is 5.91 Å². The van der Waals surface area contributed by atoms with Crippen LogP contribution in [0.5, 0.6) is 0 Å². The second-order valence-electron chi connectivity index (χ2n) is 8.17. The summed E-state index contributed by atoms with van der Waals surface area (Å²) in [6.45, 7) is 0.448. The largest absolute Gasteiger partial charge is 0.366 e. The van der Waals surface area contributed by atoms with E-state index in [0.29, 0.717) is 12.1 Å². The number of hydrogen-bond donors (Lipinski definition) is 1. The van der Waals surface area contributed by atoms with Gasteiger partial charge < -0.3 is 10.3 Å². The molecule has 33 heavy (non-hydrogen) atoms. The molecule has 0 unspecified atom stereocenters. The number of amides is 1. The Kier molecular flexibility index (Phi) is 5.02. The molecule has 2 N–H and O–H groups in total. The molecule has 1 amide bonds. The summed E-state index contributed by atoms with van der Waals surface area (Å²) in [5.41, 5.74) is 11.0. The number of fused-ring (bicyclic) bond motifs is 3. The molecule has 164 valence electrons. The summed E-state index contributed by atoms with van der Waals surface area (Å²) in [4.78, 5) is 12.5. The molecule has 0 aliphatic heterocycles. The maximum Gasteiger partial charge on any atom is 0.249 e. The predicted octanol–water partition coefficient (Wildman–Crippen LogP) is 5.01.